The van der Waals surface area contributed by atoms with Gasteiger partial charge in [-0.05, 0) is 56.5 Å². The number of ether oxygens (including phenoxy) is 1. The maximum Gasteiger partial charge on any atom is 0.163 e. The number of hydrogen-bond donors (Lipinski definition) is 2. The molecule has 2 aliphatic heterocycles. The molecule has 138 valence electrons. The lowest BCUT2D eigenvalue weighted by Gasteiger charge is -2.30. The second-order valence-corrected chi connectivity index (χ2v) is 7.42. The third-order valence-corrected chi connectivity index (χ3v) is 5.60. The van der Waals surface area contributed by atoms with Gasteiger partial charge in [0.2, 0.25) is 0 Å². The van der Waals surface area contributed by atoms with Crippen molar-refractivity contribution in [2.75, 3.05) is 31.6 Å². The number of nitrogens with zero attached hydrogens (tertiary/aromatic N) is 1. The SMILES string of the molecule is CC1=C2C=CC=CC2Nc2cc(OCCCN3CCCCC3)c(O)cc21. The number of benzene rings is 1. The lowest BCUT2D eigenvalue weighted by atomic mass is 9.88. The molecule has 3 aliphatic rings. The standard InChI is InChI=1S/C22H28N2O2/c1-16-17-8-3-4-9-19(17)23-20-15-22(21(25)14-18(16)20)26-13-7-12-24-10-5-2-6-11-24/h3-4,8-9,14-15,19,23,25H,2,5-7,10-13H2,1H3. The van der Waals surface area contributed by atoms with Crippen LogP contribution in [-0.4, -0.2) is 42.3 Å². The second-order valence-electron chi connectivity index (χ2n) is 7.42. The normalized spacial score (nSPS) is 22.0. The van der Waals surface area contributed by atoms with Crippen LogP contribution in [-0.2, 0) is 0 Å². The second kappa shape index (κ2) is 7.58. The van der Waals surface area contributed by atoms with Gasteiger partial charge in [-0.15, -0.1) is 0 Å². The van der Waals surface area contributed by atoms with Gasteiger partial charge in [0.25, 0.3) is 0 Å². The summed E-state index contributed by atoms with van der Waals surface area (Å²) in [6, 6.07) is 3.97. The first kappa shape index (κ1) is 17.2. The first-order valence-corrected chi connectivity index (χ1v) is 9.77. The Kier molecular flexibility index (Phi) is 5.02. The highest BCUT2D eigenvalue weighted by molar-refractivity contribution is 5.86. The van der Waals surface area contributed by atoms with Gasteiger partial charge < -0.3 is 20.1 Å². The maximum absolute atomic E-state index is 10.4. The quantitative estimate of drug-likeness (QED) is 0.611. The van der Waals surface area contributed by atoms with E-state index < -0.39 is 0 Å². The molecule has 2 N–H and O–H groups in total. The van der Waals surface area contributed by atoms with Crippen molar-refractivity contribution in [3.63, 3.8) is 0 Å². The Labute approximate surface area is 155 Å². The van der Waals surface area contributed by atoms with E-state index in [4.69, 9.17) is 4.74 Å². The number of rotatable bonds is 5. The van der Waals surface area contributed by atoms with Crippen LogP contribution in [0.5, 0.6) is 11.5 Å². The molecule has 4 nitrogen and oxygen atoms in total. The first-order chi connectivity index (χ1) is 12.7. The van der Waals surface area contributed by atoms with Gasteiger partial charge in [-0.25, -0.2) is 0 Å². The van der Waals surface area contributed by atoms with E-state index in [9.17, 15) is 5.11 Å². The van der Waals surface area contributed by atoms with Crippen molar-refractivity contribution in [2.45, 2.75) is 38.6 Å². The number of aromatic hydroxyl groups is 1. The predicted octanol–water partition coefficient (Wildman–Crippen LogP) is 4.34. The summed E-state index contributed by atoms with van der Waals surface area (Å²) in [6.07, 6.45) is 13.4. The molecule has 4 rings (SSSR count). The van der Waals surface area contributed by atoms with Gasteiger partial charge in [0.1, 0.15) is 0 Å². The Hall–Kier alpha value is -2.20. The zero-order chi connectivity index (χ0) is 17.9. The average molecular weight is 352 g/mol. The lowest BCUT2D eigenvalue weighted by Crippen LogP contribution is -2.31. The van der Waals surface area contributed by atoms with Crippen LogP contribution >= 0.6 is 0 Å². The summed E-state index contributed by atoms with van der Waals surface area (Å²) in [5.41, 5.74) is 4.54. The molecule has 0 saturated carbocycles. The van der Waals surface area contributed by atoms with Crippen LogP contribution in [0.2, 0.25) is 0 Å². The molecule has 1 aromatic carbocycles. The van der Waals surface area contributed by atoms with Crippen molar-refractivity contribution in [3.05, 3.63) is 47.6 Å². The highest BCUT2D eigenvalue weighted by Gasteiger charge is 2.24. The smallest absolute Gasteiger partial charge is 0.163 e. The number of likely N-dealkylation sites (tertiary alicyclic amines) is 1. The topological polar surface area (TPSA) is 44.7 Å². The number of fused-ring (bicyclic) bond motifs is 2. The van der Waals surface area contributed by atoms with E-state index in [1.54, 1.807) is 0 Å². The van der Waals surface area contributed by atoms with Gasteiger partial charge in [0, 0.05) is 23.9 Å². The van der Waals surface area contributed by atoms with Crippen LogP contribution in [0, 0.1) is 0 Å². The van der Waals surface area contributed by atoms with Crippen molar-refractivity contribution < 1.29 is 9.84 Å². The molecule has 0 spiro atoms. The molecule has 4 heteroatoms. The van der Waals surface area contributed by atoms with Crippen LogP contribution in [0.3, 0.4) is 0 Å². The van der Waals surface area contributed by atoms with Gasteiger partial charge in [0.15, 0.2) is 11.5 Å². The number of allylic oxidation sites excluding steroid dienone is 3. The molecule has 0 radical (unpaired) electrons. The van der Waals surface area contributed by atoms with Gasteiger partial charge in [-0.1, -0.05) is 30.7 Å². The first-order valence-electron chi connectivity index (χ1n) is 9.77. The van der Waals surface area contributed by atoms with Gasteiger partial charge in [-0.3, -0.25) is 0 Å². The molecule has 1 unspecified atom stereocenters. The van der Waals surface area contributed by atoms with E-state index in [0.29, 0.717) is 12.4 Å². The molecule has 1 saturated heterocycles. The fourth-order valence-electron chi connectivity index (χ4n) is 4.12. The molecular formula is C22H28N2O2. The minimum atomic E-state index is 0.198. The van der Waals surface area contributed by atoms with E-state index in [1.807, 2.05) is 12.1 Å². The number of piperidine rings is 1. The Morgan fingerprint density at radius 3 is 2.88 bits per heavy atom. The molecule has 0 aromatic heterocycles. The number of nitrogens with one attached hydrogen (secondary N) is 1. The summed E-state index contributed by atoms with van der Waals surface area (Å²) in [4.78, 5) is 2.51. The van der Waals surface area contributed by atoms with Gasteiger partial charge >= 0.3 is 0 Å². The van der Waals surface area contributed by atoms with Crippen molar-refractivity contribution >= 4 is 11.3 Å². The molecule has 1 atom stereocenters. The van der Waals surface area contributed by atoms with Crippen LogP contribution in [0.4, 0.5) is 5.69 Å². The molecule has 26 heavy (non-hydrogen) atoms. The van der Waals surface area contributed by atoms with E-state index in [2.05, 4.69) is 41.4 Å². The van der Waals surface area contributed by atoms with E-state index in [0.717, 1.165) is 24.2 Å². The summed E-state index contributed by atoms with van der Waals surface area (Å²) < 4.78 is 5.90. The van der Waals surface area contributed by atoms with E-state index in [-0.39, 0.29) is 11.8 Å². The zero-order valence-corrected chi connectivity index (χ0v) is 15.5. The summed E-state index contributed by atoms with van der Waals surface area (Å²) in [7, 11) is 0. The third-order valence-electron chi connectivity index (χ3n) is 5.60. The van der Waals surface area contributed by atoms with Crippen LogP contribution in [0.25, 0.3) is 5.57 Å². The minimum absolute atomic E-state index is 0.198. The Morgan fingerprint density at radius 2 is 2.04 bits per heavy atom. The lowest BCUT2D eigenvalue weighted by molar-refractivity contribution is 0.203. The maximum atomic E-state index is 10.4. The fourth-order valence-corrected chi connectivity index (χ4v) is 4.12. The van der Waals surface area contributed by atoms with E-state index >= 15 is 0 Å². The number of anilines is 1. The highest BCUT2D eigenvalue weighted by Crippen LogP contribution is 2.41. The third kappa shape index (κ3) is 3.51. The van der Waals surface area contributed by atoms with Crippen molar-refractivity contribution in [2.24, 2.45) is 0 Å². The van der Waals surface area contributed by atoms with Crippen molar-refractivity contribution in [1.29, 1.82) is 0 Å². The summed E-state index contributed by atoms with van der Waals surface area (Å²) >= 11 is 0. The molecular weight excluding hydrogens is 324 g/mol. The predicted molar refractivity (Wildman–Crippen MR) is 107 cm³/mol. The number of hydrogen-bond acceptors (Lipinski definition) is 4. The Balaban J connectivity index is 1.42. The minimum Gasteiger partial charge on any atom is -0.504 e. The fraction of sp³-hybridized carbons (Fsp3) is 0.455. The monoisotopic (exact) mass is 352 g/mol. The summed E-state index contributed by atoms with van der Waals surface area (Å²) in [5.74, 6) is 0.790. The van der Waals surface area contributed by atoms with Crippen LogP contribution in [0.1, 0.15) is 38.2 Å². The van der Waals surface area contributed by atoms with Gasteiger partial charge in [0.05, 0.1) is 12.6 Å². The van der Waals surface area contributed by atoms with Crippen molar-refractivity contribution in [3.8, 4) is 11.5 Å². The van der Waals surface area contributed by atoms with Gasteiger partial charge in [-0.2, -0.15) is 0 Å². The molecule has 0 amide bonds. The largest absolute Gasteiger partial charge is 0.504 e. The molecule has 1 aromatic rings. The summed E-state index contributed by atoms with van der Waals surface area (Å²) in [6.45, 7) is 6.25. The molecule has 1 aliphatic carbocycles. The van der Waals surface area contributed by atoms with Crippen LogP contribution < -0.4 is 10.1 Å². The molecule has 2 heterocycles. The average Bonchev–Trinajstić information content (AvgIpc) is 2.67. The van der Waals surface area contributed by atoms with Crippen molar-refractivity contribution in [1.82, 2.24) is 4.90 Å². The zero-order valence-electron chi connectivity index (χ0n) is 15.5. The number of phenols is 1. The Morgan fingerprint density at radius 1 is 1.19 bits per heavy atom. The van der Waals surface area contributed by atoms with E-state index in [1.165, 1.54) is 43.5 Å². The highest BCUT2D eigenvalue weighted by atomic mass is 16.5. The Bertz CT molecular complexity index is 758. The molecule has 1 fully saturated rings. The number of phenolic OH excluding ortho intramolecular Hbond substituents is 1. The molecule has 0 bridgehead atoms. The van der Waals surface area contributed by atoms with Crippen LogP contribution in [0.15, 0.2) is 42.0 Å². The summed E-state index contributed by atoms with van der Waals surface area (Å²) in [5, 5.41) is 14.0.